The van der Waals surface area contributed by atoms with E-state index in [2.05, 4.69) is 5.32 Å². The highest BCUT2D eigenvalue weighted by molar-refractivity contribution is 7.92. The number of carbonyl (C=O) groups excluding carboxylic acids is 1. The van der Waals surface area contributed by atoms with Crippen LogP contribution in [0.1, 0.15) is 10.4 Å². The number of nitrogens with zero attached hydrogens (tertiary/aromatic N) is 2. The standard InChI is InChI=1S/C18H22ClN3O3S/c1-21(2)12-11-20-18(23)16-13-14(9-10-17(16)19)22(3)26(24,25)15-7-5-4-6-8-15/h4-10,13H,11-12H2,1-3H3,(H,20,23). The van der Waals surface area contributed by atoms with E-state index >= 15 is 0 Å². The Morgan fingerprint density at radius 2 is 1.73 bits per heavy atom. The van der Waals surface area contributed by atoms with Crippen LogP contribution >= 0.6 is 11.6 Å². The molecule has 0 aliphatic rings. The summed E-state index contributed by atoms with van der Waals surface area (Å²) in [5.41, 5.74) is 0.592. The van der Waals surface area contributed by atoms with Crippen LogP contribution < -0.4 is 9.62 Å². The summed E-state index contributed by atoms with van der Waals surface area (Å²) < 4.78 is 26.6. The molecule has 0 fully saturated rings. The number of halogens is 1. The molecule has 8 heteroatoms. The van der Waals surface area contributed by atoms with Crippen molar-refractivity contribution in [1.82, 2.24) is 10.2 Å². The molecular formula is C18H22ClN3O3S. The largest absolute Gasteiger partial charge is 0.351 e. The number of sulfonamides is 1. The first-order valence-electron chi connectivity index (χ1n) is 8.00. The van der Waals surface area contributed by atoms with Gasteiger partial charge in [0.15, 0.2) is 0 Å². The summed E-state index contributed by atoms with van der Waals surface area (Å²) in [6, 6.07) is 12.7. The number of nitrogens with one attached hydrogen (secondary N) is 1. The van der Waals surface area contributed by atoms with Gasteiger partial charge in [0.2, 0.25) is 0 Å². The Morgan fingerprint density at radius 3 is 2.35 bits per heavy atom. The number of amides is 1. The second-order valence-electron chi connectivity index (χ2n) is 6.01. The number of likely N-dealkylation sites (N-methyl/N-ethyl adjacent to an activating group) is 1. The molecule has 0 radical (unpaired) electrons. The summed E-state index contributed by atoms with van der Waals surface area (Å²) in [5.74, 6) is -0.343. The van der Waals surface area contributed by atoms with Gasteiger partial charge in [0, 0.05) is 20.1 Å². The molecule has 2 aromatic rings. The van der Waals surface area contributed by atoms with Gasteiger partial charge in [-0.3, -0.25) is 9.10 Å². The van der Waals surface area contributed by atoms with Gasteiger partial charge in [-0.15, -0.1) is 0 Å². The SMILES string of the molecule is CN(C)CCNC(=O)c1cc(N(C)S(=O)(=O)c2ccccc2)ccc1Cl. The monoisotopic (exact) mass is 395 g/mol. The molecule has 0 atom stereocenters. The van der Waals surface area contributed by atoms with Crippen LogP contribution in [-0.4, -0.2) is 53.5 Å². The zero-order chi connectivity index (χ0) is 19.3. The van der Waals surface area contributed by atoms with E-state index in [0.29, 0.717) is 18.8 Å². The fraction of sp³-hybridized carbons (Fsp3) is 0.278. The summed E-state index contributed by atoms with van der Waals surface area (Å²) in [5, 5.41) is 3.04. The van der Waals surface area contributed by atoms with Gasteiger partial charge in [0.05, 0.1) is 21.2 Å². The van der Waals surface area contributed by atoms with Gasteiger partial charge in [-0.1, -0.05) is 29.8 Å². The molecule has 0 aromatic heterocycles. The molecule has 0 heterocycles. The lowest BCUT2D eigenvalue weighted by molar-refractivity contribution is 0.0951. The smallest absolute Gasteiger partial charge is 0.264 e. The predicted octanol–water partition coefficient (Wildman–Crippen LogP) is 2.46. The van der Waals surface area contributed by atoms with Crippen LogP contribution in [0, 0.1) is 0 Å². The summed E-state index contributed by atoms with van der Waals surface area (Å²) in [6.07, 6.45) is 0. The summed E-state index contributed by atoms with van der Waals surface area (Å²) >= 11 is 6.13. The number of benzene rings is 2. The highest BCUT2D eigenvalue weighted by atomic mass is 35.5. The van der Waals surface area contributed by atoms with Gasteiger partial charge in [0.25, 0.3) is 15.9 Å². The Hall–Kier alpha value is -2.09. The highest BCUT2D eigenvalue weighted by Gasteiger charge is 2.22. The molecule has 0 bridgehead atoms. The molecule has 0 saturated carbocycles. The summed E-state index contributed by atoms with van der Waals surface area (Å²) in [6.45, 7) is 1.15. The molecule has 2 rings (SSSR count). The molecule has 1 amide bonds. The number of hydrogen-bond acceptors (Lipinski definition) is 4. The van der Waals surface area contributed by atoms with E-state index in [-0.39, 0.29) is 21.4 Å². The number of rotatable bonds is 7. The fourth-order valence-corrected chi connectivity index (χ4v) is 3.67. The maximum Gasteiger partial charge on any atom is 0.264 e. The first-order chi connectivity index (χ1) is 12.2. The van der Waals surface area contributed by atoms with Crippen LogP contribution in [0.3, 0.4) is 0 Å². The van der Waals surface area contributed by atoms with Crippen molar-refractivity contribution in [2.45, 2.75) is 4.90 Å². The van der Waals surface area contributed by atoms with Crippen LogP contribution in [0.25, 0.3) is 0 Å². The first kappa shape index (κ1) is 20.2. The van der Waals surface area contributed by atoms with E-state index in [4.69, 9.17) is 11.6 Å². The first-order valence-corrected chi connectivity index (χ1v) is 9.81. The topological polar surface area (TPSA) is 69.7 Å². The van der Waals surface area contributed by atoms with Crippen LogP contribution in [0.15, 0.2) is 53.4 Å². The van der Waals surface area contributed by atoms with Crippen molar-refractivity contribution in [3.8, 4) is 0 Å². The van der Waals surface area contributed by atoms with Crippen molar-refractivity contribution in [3.63, 3.8) is 0 Å². The van der Waals surface area contributed by atoms with Crippen molar-refractivity contribution in [1.29, 1.82) is 0 Å². The molecule has 6 nitrogen and oxygen atoms in total. The van der Waals surface area contributed by atoms with E-state index in [1.807, 2.05) is 19.0 Å². The second-order valence-corrected chi connectivity index (χ2v) is 8.39. The molecule has 2 aromatic carbocycles. The van der Waals surface area contributed by atoms with Gasteiger partial charge in [-0.2, -0.15) is 0 Å². The molecule has 1 N–H and O–H groups in total. The van der Waals surface area contributed by atoms with Crippen molar-refractivity contribution in [2.75, 3.05) is 38.5 Å². The quantitative estimate of drug-likeness (QED) is 0.781. The van der Waals surface area contributed by atoms with Crippen LogP contribution in [-0.2, 0) is 10.0 Å². The average Bonchev–Trinajstić information content (AvgIpc) is 2.61. The van der Waals surface area contributed by atoms with Crippen molar-refractivity contribution < 1.29 is 13.2 Å². The van der Waals surface area contributed by atoms with Crippen molar-refractivity contribution in [3.05, 3.63) is 59.1 Å². The maximum absolute atomic E-state index is 12.7. The third-order valence-electron chi connectivity index (χ3n) is 3.80. The lowest BCUT2D eigenvalue weighted by Crippen LogP contribution is -2.32. The molecule has 0 saturated heterocycles. The average molecular weight is 396 g/mol. The minimum atomic E-state index is -3.72. The van der Waals surface area contributed by atoms with E-state index in [1.54, 1.807) is 24.3 Å². The third-order valence-corrected chi connectivity index (χ3v) is 5.93. The van der Waals surface area contributed by atoms with Crippen LogP contribution in [0.4, 0.5) is 5.69 Å². The molecule has 0 unspecified atom stereocenters. The minimum Gasteiger partial charge on any atom is -0.351 e. The van der Waals surface area contributed by atoms with Gasteiger partial charge in [-0.05, 0) is 44.4 Å². The summed E-state index contributed by atoms with van der Waals surface area (Å²) in [4.78, 5) is 14.5. The predicted molar refractivity (Wildman–Crippen MR) is 104 cm³/mol. The molecule has 26 heavy (non-hydrogen) atoms. The van der Waals surface area contributed by atoms with Gasteiger partial charge < -0.3 is 10.2 Å². The lowest BCUT2D eigenvalue weighted by atomic mass is 10.2. The zero-order valence-corrected chi connectivity index (χ0v) is 16.5. The van der Waals surface area contributed by atoms with Crippen LogP contribution in [0.2, 0.25) is 5.02 Å². The molecular weight excluding hydrogens is 374 g/mol. The normalized spacial score (nSPS) is 11.4. The minimum absolute atomic E-state index is 0.175. The lowest BCUT2D eigenvalue weighted by Gasteiger charge is -2.20. The number of carbonyl (C=O) groups is 1. The number of hydrogen-bond donors (Lipinski definition) is 1. The Morgan fingerprint density at radius 1 is 1.08 bits per heavy atom. The Balaban J connectivity index is 2.27. The Kier molecular flexibility index (Phi) is 6.63. The molecule has 0 spiro atoms. The van der Waals surface area contributed by atoms with Gasteiger partial charge >= 0.3 is 0 Å². The van der Waals surface area contributed by atoms with Crippen LogP contribution in [0.5, 0.6) is 0 Å². The molecule has 140 valence electrons. The molecule has 0 aliphatic heterocycles. The van der Waals surface area contributed by atoms with E-state index in [1.165, 1.54) is 31.3 Å². The van der Waals surface area contributed by atoms with E-state index in [0.717, 1.165) is 4.31 Å². The zero-order valence-electron chi connectivity index (χ0n) is 14.9. The Labute approximate surface area is 159 Å². The number of anilines is 1. The maximum atomic E-state index is 12.7. The van der Waals surface area contributed by atoms with E-state index in [9.17, 15) is 13.2 Å². The third kappa shape index (κ3) is 4.75. The second kappa shape index (κ2) is 8.53. The van der Waals surface area contributed by atoms with Gasteiger partial charge in [-0.25, -0.2) is 8.42 Å². The highest BCUT2D eigenvalue weighted by Crippen LogP contribution is 2.26. The Bertz CT molecular complexity index is 871. The van der Waals surface area contributed by atoms with E-state index < -0.39 is 10.0 Å². The fourth-order valence-electron chi connectivity index (χ4n) is 2.26. The van der Waals surface area contributed by atoms with Gasteiger partial charge in [0.1, 0.15) is 0 Å². The van der Waals surface area contributed by atoms with Crippen molar-refractivity contribution in [2.24, 2.45) is 0 Å². The molecule has 0 aliphatic carbocycles. The van der Waals surface area contributed by atoms with Crippen molar-refractivity contribution >= 4 is 33.2 Å². The summed E-state index contributed by atoms with van der Waals surface area (Å²) in [7, 11) is 1.53.